The Morgan fingerprint density at radius 3 is 2.05 bits per heavy atom. The Balaban J connectivity index is 1.81. The van der Waals surface area contributed by atoms with Crippen molar-refractivity contribution in [3.8, 4) is 5.75 Å². The molecule has 0 spiro atoms. The molecular formula is C19H25NO. The lowest BCUT2D eigenvalue weighted by molar-refractivity contribution is 0.414. The molecule has 112 valence electrons. The van der Waals surface area contributed by atoms with E-state index < -0.39 is 0 Å². The number of methoxy groups -OCH3 is 1. The monoisotopic (exact) mass is 283 g/mol. The van der Waals surface area contributed by atoms with Gasteiger partial charge in [-0.3, -0.25) is 0 Å². The van der Waals surface area contributed by atoms with Crippen molar-refractivity contribution in [3.05, 3.63) is 65.2 Å². The maximum atomic E-state index is 6.26. The average molecular weight is 283 g/mol. The first-order valence-corrected chi connectivity index (χ1v) is 7.67. The topological polar surface area (TPSA) is 35.2 Å². The third kappa shape index (κ3) is 4.91. The average Bonchev–Trinajstić information content (AvgIpc) is 2.54. The van der Waals surface area contributed by atoms with E-state index in [9.17, 15) is 0 Å². The van der Waals surface area contributed by atoms with Crippen LogP contribution in [0.2, 0.25) is 0 Å². The van der Waals surface area contributed by atoms with E-state index in [2.05, 4.69) is 43.3 Å². The van der Waals surface area contributed by atoms with Gasteiger partial charge in [0.25, 0.3) is 0 Å². The molecule has 2 nitrogen and oxygen atoms in total. The van der Waals surface area contributed by atoms with Crippen LogP contribution >= 0.6 is 0 Å². The molecule has 0 bridgehead atoms. The molecule has 2 N–H and O–H groups in total. The molecule has 1 unspecified atom stereocenters. The maximum Gasteiger partial charge on any atom is 0.118 e. The molecule has 0 aromatic heterocycles. The van der Waals surface area contributed by atoms with Gasteiger partial charge in [-0.1, -0.05) is 43.3 Å². The van der Waals surface area contributed by atoms with Gasteiger partial charge in [0.05, 0.1) is 7.11 Å². The van der Waals surface area contributed by atoms with E-state index in [1.807, 2.05) is 12.1 Å². The first-order chi connectivity index (χ1) is 10.2. The molecule has 0 saturated carbocycles. The van der Waals surface area contributed by atoms with Gasteiger partial charge >= 0.3 is 0 Å². The number of rotatable bonds is 7. The van der Waals surface area contributed by atoms with Crippen LogP contribution in [0.25, 0.3) is 0 Å². The lowest BCUT2D eigenvalue weighted by Crippen LogP contribution is -2.23. The number of hydrogen-bond donors (Lipinski definition) is 1. The number of benzene rings is 2. The molecule has 0 heterocycles. The van der Waals surface area contributed by atoms with Gasteiger partial charge in [0, 0.05) is 6.04 Å². The van der Waals surface area contributed by atoms with Crippen LogP contribution in [0.15, 0.2) is 48.5 Å². The van der Waals surface area contributed by atoms with Crippen molar-refractivity contribution in [3.63, 3.8) is 0 Å². The Hall–Kier alpha value is -1.80. The van der Waals surface area contributed by atoms with Crippen molar-refractivity contribution in [1.82, 2.24) is 0 Å². The van der Waals surface area contributed by atoms with Crippen molar-refractivity contribution >= 4 is 0 Å². The second-order valence-electron chi connectivity index (χ2n) is 5.52. The Kier molecular flexibility index (Phi) is 5.82. The number of hydrogen-bond acceptors (Lipinski definition) is 2. The van der Waals surface area contributed by atoms with E-state index in [1.54, 1.807) is 7.11 Å². The van der Waals surface area contributed by atoms with E-state index in [-0.39, 0.29) is 6.04 Å². The molecule has 0 saturated heterocycles. The van der Waals surface area contributed by atoms with Gasteiger partial charge < -0.3 is 10.5 Å². The minimum atomic E-state index is 0.208. The highest BCUT2D eigenvalue weighted by atomic mass is 16.5. The number of nitrogens with two attached hydrogens (primary N) is 1. The smallest absolute Gasteiger partial charge is 0.118 e. The van der Waals surface area contributed by atoms with E-state index >= 15 is 0 Å². The summed E-state index contributed by atoms with van der Waals surface area (Å²) in [5.41, 5.74) is 10.3. The SMILES string of the molecule is CCc1ccc(CC(N)CCc2ccc(OC)cc2)cc1. The summed E-state index contributed by atoms with van der Waals surface area (Å²) in [6.45, 7) is 2.18. The Labute approximate surface area is 127 Å². The fourth-order valence-electron chi connectivity index (χ4n) is 2.46. The van der Waals surface area contributed by atoms with Crippen molar-refractivity contribution in [1.29, 1.82) is 0 Å². The van der Waals surface area contributed by atoms with Crippen molar-refractivity contribution in [2.75, 3.05) is 7.11 Å². The summed E-state index contributed by atoms with van der Waals surface area (Å²) in [6, 6.07) is 17.2. The third-order valence-corrected chi connectivity index (χ3v) is 3.89. The highest BCUT2D eigenvalue weighted by molar-refractivity contribution is 5.27. The number of ether oxygens (including phenoxy) is 1. The molecule has 0 aliphatic carbocycles. The second kappa shape index (κ2) is 7.84. The van der Waals surface area contributed by atoms with E-state index in [0.29, 0.717) is 0 Å². The standard InChI is InChI=1S/C19H25NO/c1-3-15-4-6-17(7-5-15)14-18(20)11-8-16-9-12-19(21-2)13-10-16/h4-7,9-10,12-13,18H,3,8,11,14,20H2,1-2H3. The van der Waals surface area contributed by atoms with Gasteiger partial charge in [-0.05, 0) is 54.5 Å². The summed E-state index contributed by atoms with van der Waals surface area (Å²) in [6.07, 6.45) is 4.05. The molecule has 0 aliphatic rings. The Morgan fingerprint density at radius 2 is 1.48 bits per heavy atom. The van der Waals surface area contributed by atoms with Crippen LogP contribution in [-0.2, 0) is 19.3 Å². The van der Waals surface area contributed by atoms with Gasteiger partial charge in [0.2, 0.25) is 0 Å². The zero-order valence-electron chi connectivity index (χ0n) is 13.0. The molecule has 0 fully saturated rings. The maximum absolute atomic E-state index is 6.26. The summed E-state index contributed by atoms with van der Waals surface area (Å²) in [5.74, 6) is 0.902. The van der Waals surface area contributed by atoms with Crippen LogP contribution < -0.4 is 10.5 Å². The molecule has 0 radical (unpaired) electrons. The Bertz CT molecular complexity index is 530. The summed E-state index contributed by atoms with van der Waals surface area (Å²) in [7, 11) is 1.69. The highest BCUT2D eigenvalue weighted by Gasteiger charge is 2.05. The fourth-order valence-corrected chi connectivity index (χ4v) is 2.46. The van der Waals surface area contributed by atoms with Gasteiger partial charge in [0.1, 0.15) is 5.75 Å². The largest absolute Gasteiger partial charge is 0.497 e. The van der Waals surface area contributed by atoms with Gasteiger partial charge in [-0.2, -0.15) is 0 Å². The second-order valence-corrected chi connectivity index (χ2v) is 5.52. The number of aryl methyl sites for hydroxylation is 2. The molecule has 2 heteroatoms. The first kappa shape index (κ1) is 15.6. The summed E-state index contributed by atoms with van der Waals surface area (Å²) in [4.78, 5) is 0. The zero-order valence-corrected chi connectivity index (χ0v) is 13.0. The fraction of sp³-hybridized carbons (Fsp3) is 0.368. The molecule has 0 aliphatic heterocycles. The lowest BCUT2D eigenvalue weighted by Gasteiger charge is -2.12. The van der Waals surface area contributed by atoms with Crippen LogP contribution in [0.5, 0.6) is 5.75 Å². The molecule has 2 rings (SSSR count). The van der Waals surface area contributed by atoms with Crippen LogP contribution in [0.1, 0.15) is 30.0 Å². The normalized spacial score (nSPS) is 12.1. The molecule has 1 atom stereocenters. The first-order valence-electron chi connectivity index (χ1n) is 7.67. The van der Waals surface area contributed by atoms with Gasteiger partial charge in [-0.25, -0.2) is 0 Å². The van der Waals surface area contributed by atoms with Crippen LogP contribution in [-0.4, -0.2) is 13.2 Å². The van der Waals surface area contributed by atoms with Crippen LogP contribution in [0.4, 0.5) is 0 Å². The van der Waals surface area contributed by atoms with Crippen molar-refractivity contribution in [2.45, 2.75) is 38.6 Å². The molecule has 2 aromatic carbocycles. The van der Waals surface area contributed by atoms with Crippen LogP contribution in [0, 0.1) is 0 Å². The molecule has 2 aromatic rings. The predicted molar refractivity (Wildman–Crippen MR) is 88.8 cm³/mol. The summed E-state index contributed by atoms with van der Waals surface area (Å²) in [5, 5.41) is 0. The summed E-state index contributed by atoms with van der Waals surface area (Å²) >= 11 is 0. The van der Waals surface area contributed by atoms with E-state index in [0.717, 1.165) is 31.4 Å². The van der Waals surface area contributed by atoms with Crippen molar-refractivity contribution < 1.29 is 4.74 Å². The quantitative estimate of drug-likeness (QED) is 0.839. The highest BCUT2D eigenvalue weighted by Crippen LogP contribution is 2.14. The van der Waals surface area contributed by atoms with Gasteiger partial charge in [-0.15, -0.1) is 0 Å². The lowest BCUT2D eigenvalue weighted by atomic mass is 9.99. The minimum Gasteiger partial charge on any atom is -0.497 e. The zero-order chi connectivity index (χ0) is 15.1. The van der Waals surface area contributed by atoms with Gasteiger partial charge in [0.15, 0.2) is 0 Å². The predicted octanol–water partition coefficient (Wildman–Crippen LogP) is 3.76. The molecule has 21 heavy (non-hydrogen) atoms. The molecular weight excluding hydrogens is 258 g/mol. The van der Waals surface area contributed by atoms with E-state index in [1.165, 1.54) is 16.7 Å². The summed E-state index contributed by atoms with van der Waals surface area (Å²) < 4.78 is 5.17. The molecule has 0 amide bonds. The Morgan fingerprint density at radius 1 is 0.905 bits per heavy atom. The third-order valence-electron chi connectivity index (χ3n) is 3.89. The minimum absolute atomic E-state index is 0.208. The van der Waals surface area contributed by atoms with Crippen LogP contribution in [0.3, 0.4) is 0 Å². The van der Waals surface area contributed by atoms with E-state index in [4.69, 9.17) is 10.5 Å². The van der Waals surface area contributed by atoms with Crippen molar-refractivity contribution in [2.24, 2.45) is 5.73 Å².